The quantitative estimate of drug-likeness (QED) is 0.435. The molecule has 2 unspecified atom stereocenters. The lowest BCUT2D eigenvalue weighted by Crippen LogP contribution is -2.28. The average molecular weight is 114 g/mol. The minimum absolute atomic E-state index is 0.315. The summed E-state index contributed by atoms with van der Waals surface area (Å²) in [7, 11) is 0. The molecule has 8 heavy (non-hydrogen) atoms. The fourth-order valence-electron chi connectivity index (χ4n) is 1.29. The lowest BCUT2D eigenvalue weighted by Gasteiger charge is -2.04. The second-order valence-corrected chi connectivity index (χ2v) is 2.27. The van der Waals surface area contributed by atoms with Gasteiger partial charge in [-0.25, -0.2) is 0 Å². The molecular weight excluding hydrogens is 104 g/mol. The summed E-state index contributed by atoms with van der Waals surface area (Å²) in [5.74, 6) is 0. The Kier molecular flexibility index (Phi) is 0.997. The van der Waals surface area contributed by atoms with Crippen molar-refractivity contribution < 1.29 is 4.74 Å². The van der Waals surface area contributed by atoms with E-state index in [1.165, 1.54) is 0 Å². The summed E-state index contributed by atoms with van der Waals surface area (Å²) in [6.07, 6.45) is 1.48. The minimum atomic E-state index is 0.315. The lowest BCUT2D eigenvalue weighted by atomic mass is 10.2. The van der Waals surface area contributed by atoms with Gasteiger partial charge in [-0.15, -0.1) is 0 Å². The number of fused-ring (bicyclic) bond motifs is 1. The molecule has 0 saturated carbocycles. The van der Waals surface area contributed by atoms with Crippen molar-refractivity contribution in [1.29, 1.82) is 0 Å². The van der Waals surface area contributed by atoms with Crippen LogP contribution in [0.4, 0.5) is 0 Å². The number of nitrogens with one attached hydrogen (secondary N) is 2. The molecule has 2 aliphatic heterocycles. The van der Waals surface area contributed by atoms with Crippen LogP contribution in [0.3, 0.4) is 0 Å². The van der Waals surface area contributed by atoms with Gasteiger partial charge in [0.2, 0.25) is 0 Å². The van der Waals surface area contributed by atoms with Gasteiger partial charge in [0.1, 0.15) is 6.23 Å². The van der Waals surface area contributed by atoms with Crippen LogP contribution >= 0.6 is 0 Å². The molecule has 2 fully saturated rings. The molecule has 46 valence electrons. The van der Waals surface area contributed by atoms with Gasteiger partial charge in [-0.2, -0.15) is 0 Å². The highest BCUT2D eigenvalue weighted by Gasteiger charge is 2.31. The molecule has 0 amide bonds. The van der Waals surface area contributed by atoms with Crippen molar-refractivity contribution in [2.24, 2.45) is 0 Å². The Bertz CT molecular complexity index is 76.4. The highest BCUT2D eigenvalue weighted by molar-refractivity contribution is 4.85. The second kappa shape index (κ2) is 1.69. The molecule has 2 rings (SSSR count). The Labute approximate surface area is 48.4 Å². The van der Waals surface area contributed by atoms with Crippen LogP contribution in [-0.4, -0.2) is 25.5 Å². The molecule has 0 aliphatic carbocycles. The first kappa shape index (κ1) is 4.73. The van der Waals surface area contributed by atoms with Crippen molar-refractivity contribution in [3.05, 3.63) is 0 Å². The van der Waals surface area contributed by atoms with E-state index >= 15 is 0 Å². The number of ether oxygens (including phenoxy) is 1. The van der Waals surface area contributed by atoms with Gasteiger partial charge in [-0.05, 0) is 6.42 Å². The molecule has 0 aromatic carbocycles. The van der Waals surface area contributed by atoms with Gasteiger partial charge < -0.3 is 4.74 Å². The van der Waals surface area contributed by atoms with Gasteiger partial charge in [0, 0.05) is 12.7 Å². The third kappa shape index (κ3) is 0.555. The molecular formula is C5H10N2O. The van der Waals surface area contributed by atoms with E-state index in [1.807, 2.05) is 0 Å². The van der Waals surface area contributed by atoms with Crippen LogP contribution in [0.5, 0.6) is 0 Å². The first-order valence-corrected chi connectivity index (χ1v) is 3.05. The molecule has 2 atom stereocenters. The van der Waals surface area contributed by atoms with E-state index in [0.29, 0.717) is 12.3 Å². The van der Waals surface area contributed by atoms with Crippen LogP contribution in [0.15, 0.2) is 0 Å². The zero-order chi connectivity index (χ0) is 5.40. The maximum atomic E-state index is 5.30. The van der Waals surface area contributed by atoms with Gasteiger partial charge in [0.05, 0.1) is 6.61 Å². The summed E-state index contributed by atoms with van der Waals surface area (Å²) < 4.78 is 5.30. The summed E-state index contributed by atoms with van der Waals surface area (Å²) in [5, 5.41) is 6.47. The molecule has 0 aromatic heterocycles. The SMILES string of the molecule is C1NC2CCOC2N1. The zero-order valence-corrected chi connectivity index (χ0v) is 4.68. The molecule has 2 N–H and O–H groups in total. The summed E-state index contributed by atoms with van der Waals surface area (Å²) >= 11 is 0. The number of hydrogen-bond acceptors (Lipinski definition) is 3. The highest BCUT2D eigenvalue weighted by atomic mass is 16.5. The third-order valence-corrected chi connectivity index (χ3v) is 1.76. The van der Waals surface area contributed by atoms with Gasteiger partial charge >= 0.3 is 0 Å². The molecule has 0 bridgehead atoms. The Balaban J connectivity index is 2.04. The highest BCUT2D eigenvalue weighted by Crippen LogP contribution is 2.13. The molecule has 0 spiro atoms. The Morgan fingerprint density at radius 2 is 2.38 bits per heavy atom. The minimum Gasteiger partial charge on any atom is -0.362 e. The average Bonchev–Trinajstić information content (AvgIpc) is 2.15. The molecule has 3 nitrogen and oxygen atoms in total. The Morgan fingerprint density at radius 1 is 1.38 bits per heavy atom. The normalized spacial score (nSPS) is 45.0. The Morgan fingerprint density at radius 3 is 3.25 bits per heavy atom. The maximum absolute atomic E-state index is 5.30. The number of rotatable bonds is 0. The molecule has 2 aliphatic rings. The van der Waals surface area contributed by atoms with E-state index in [4.69, 9.17) is 4.74 Å². The first-order chi connectivity index (χ1) is 3.97. The van der Waals surface area contributed by atoms with Crippen LogP contribution in [0.2, 0.25) is 0 Å². The lowest BCUT2D eigenvalue weighted by molar-refractivity contribution is 0.0944. The molecule has 2 heterocycles. The summed E-state index contributed by atoms with van der Waals surface area (Å²) in [5.41, 5.74) is 0. The van der Waals surface area contributed by atoms with Gasteiger partial charge in [-0.3, -0.25) is 10.6 Å². The van der Waals surface area contributed by atoms with Crippen molar-refractivity contribution in [2.75, 3.05) is 13.3 Å². The summed E-state index contributed by atoms with van der Waals surface area (Å²) in [6, 6.07) is 0.593. The van der Waals surface area contributed by atoms with E-state index in [9.17, 15) is 0 Å². The predicted octanol–water partition coefficient (Wildman–Crippen LogP) is -0.748. The molecule has 0 aromatic rings. The fraction of sp³-hybridized carbons (Fsp3) is 1.00. The van der Waals surface area contributed by atoms with E-state index in [-0.39, 0.29) is 0 Å². The largest absolute Gasteiger partial charge is 0.362 e. The third-order valence-electron chi connectivity index (χ3n) is 1.76. The summed E-state index contributed by atoms with van der Waals surface area (Å²) in [6.45, 7) is 1.82. The van der Waals surface area contributed by atoms with E-state index in [0.717, 1.165) is 19.7 Å². The topological polar surface area (TPSA) is 33.3 Å². The fourth-order valence-corrected chi connectivity index (χ4v) is 1.29. The van der Waals surface area contributed by atoms with Gasteiger partial charge in [0.25, 0.3) is 0 Å². The predicted molar refractivity (Wildman–Crippen MR) is 29.3 cm³/mol. The standard InChI is InChI=1S/C5H10N2O/c1-2-8-5-4(1)6-3-7-5/h4-7H,1-3H2. The molecule has 3 heteroatoms. The monoisotopic (exact) mass is 114 g/mol. The van der Waals surface area contributed by atoms with Crippen LogP contribution in [0, 0.1) is 0 Å². The van der Waals surface area contributed by atoms with E-state index in [1.54, 1.807) is 0 Å². The Hall–Kier alpha value is -0.120. The summed E-state index contributed by atoms with van der Waals surface area (Å²) in [4.78, 5) is 0. The van der Waals surface area contributed by atoms with E-state index < -0.39 is 0 Å². The van der Waals surface area contributed by atoms with Crippen molar-refractivity contribution in [1.82, 2.24) is 10.6 Å². The van der Waals surface area contributed by atoms with Crippen LogP contribution in [-0.2, 0) is 4.74 Å². The van der Waals surface area contributed by atoms with Crippen molar-refractivity contribution in [3.8, 4) is 0 Å². The second-order valence-electron chi connectivity index (χ2n) is 2.27. The van der Waals surface area contributed by atoms with Crippen molar-refractivity contribution in [2.45, 2.75) is 18.7 Å². The first-order valence-electron chi connectivity index (χ1n) is 3.05. The van der Waals surface area contributed by atoms with Crippen LogP contribution < -0.4 is 10.6 Å². The maximum Gasteiger partial charge on any atom is 0.124 e. The van der Waals surface area contributed by atoms with E-state index in [2.05, 4.69) is 10.6 Å². The zero-order valence-electron chi connectivity index (χ0n) is 4.68. The van der Waals surface area contributed by atoms with Crippen LogP contribution in [0.1, 0.15) is 6.42 Å². The van der Waals surface area contributed by atoms with Crippen LogP contribution in [0.25, 0.3) is 0 Å². The van der Waals surface area contributed by atoms with Crippen molar-refractivity contribution >= 4 is 0 Å². The van der Waals surface area contributed by atoms with Gasteiger partial charge in [0.15, 0.2) is 0 Å². The van der Waals surface area contributed by atoms with Gasteiger partial charge in [-0.1, -0.05) is 0 Å². The molecule has 0 radical (unpaired) electrons. The number of hydrogen-bond donors (Lipinski definition) is 2. The molecule has 2 saturated heterocycles. The smallest absolute Gasteiger partial charge is 0.124 e. The van der Waals surface area contributed by atoms with Crippen molar-refractivity contribution in [3.63, 3.8) is 0 Å².